The van der Waals surface area contributed by atoms with Crippen LogP contribution in [0.15, 0.2) is 47.4 Å². The zero-order valence-corrected chi connectivity index (χ0v) is 16.4. The van der Waals surface area contributed by atoms with Crippen LogP contribution in [-0.2, 0) is 20.9 Å². The fourth-order valence-corrected chi connectivity index (χ4v) is 5.01. The van der Waals surface area contributed by atoms with Crippen molar-refractivity contribution < 1.29 is 31.1 Å². The Morgan fingerprint density at radius 2 is 1.77 bits per heavy atom. The standard InChI is InChI=1S/C20H17F3N2O4S/c21-20(22,23)17-4-2-1-3-14(17)19-16(12-26)15-11-13(5-6-18(15)24-19)30(27,28)25-7-9-29-10-8-25/h1-6,11-12,24H,7-10H2. The summed E-state index contributed by atoms with van der Waals surface area (Å²) < 4.78 is 72.7. The second-order valence-corrected chi connectivity index (χ2v) is 8.74. The van der Waals surface area contributed by atoms with Gasteiger partial charge in [0, 0.05) is 35.1 Å². The lowest BCUT2D eigenvalue weighted by Gasteiger charge is -2.26. The van der Waals surface area contributed by atoms with Crippen molar-refractivity contribution in [1.82, 2.24) is 9.29 Å². The van der Waals surface area contributed by atoms with Crippen molar-refractivity contribution >= 4 is 27.2 Å². The van der Waals surface area contributed by atoms with Crippen molar-refractivity contribution in [2.45, 2.75) is 11.1 Å². The fourth-order valence-electron chi connectivity index (χ4n) is 3.57. The number of carbonyl (C=O) groups is 1. The SMILES string of the molecule is O=Cc1c(-c2ccccc2C(F)(F)F)[nH]c2ccc(S(=O)(=O)N3CCOCC3)cc12. The van der Waals surface area contributed by atoms with Crippen LogP contribution in [0.3, 0.4) is 0 Å². The van der Waals surface area contributed by atoms with E-state index in [-0.39, 0.29) is 53.4 Å². The molecule has 1 fully saturated rings. The van der Waals surface area contributed by atoms with Crippen molar-refractivity contribution in [3.05, 3.63) is 53.6 Å². The molecule has 6 nitrogen and oxygen atoms in total. The molecule has 0 atom stereocenters. The van der Waals surface area contributed by atoms with Crippen molar-refractivity contribution in [2.75, 3.05) is 26.3 Å². The lowest BCUT2D eigenvalue weighted by atomic mass is 10.0. The summed E-state index contributed by atoms with van der Waals surface area (Å²) in [5, 5.41) is 0.242. The molecule has 0 aliphatic carbocycles. The van der Waals surface area contributed by atoms with E-state index >= 15 is 0 Å². The van der Waals surface area contributed by atoms with Crippen molar-refractivity contribution in [1.29, 1.82) is 0 Å². The number of hydrogen-bond donors (Lipinski definition) is 1. The number of carbonyl (C=O) groups excluding carboxylic acids is 1. The van der Waals surface area contributed by atoms with Crippen molar-refractivity contribution in [3.63, 3.8) is 0 Å². The van der Waals surface area contributed by atoms with Gasteiger partial charge in [0.15, 0.2) is 6.29 Å². The molecule has 1 aliphatic heterocycles. The van der Waals surface area contributed by atoms with Crippen LogP contribution in [0, 0.1) is 0 Å². The maximum atomic E-state index is 13.5. The Balaban J connectivity index is 1.87. The summed E-state index contributed by atoms with van der Waals surface area (Å²) in [5.41, 5.74) is -0.735. The molecule has 0 amide bonds. The third-order valence-corrected chi connectivity index (χ3v) is 6.93. The number of aromatic nitrogens is 1. The van der Waals surface area contributed by atoms with E-state index in [4.69, 9.17) is 4.74 Å². The number of halogens is 3. The maximum absolute atomic E-state index is 13.5. The number of alkyl halides is 3. The third-order valence-electron chi connectivity index (χ3n) is 5.04. The minimum Gasteiger partial charge on any atom is -0.379 e. The second-order valence-electron chi connectivity index (χ2n) is 6.80. The highest BCUT2D eigenvalue weighted by atomic mass is 32.2. The van der Waals surface area contributed by atoms with Gasteiger partial charge in [-0.15, -0.1) is 0 Å². The number of benzene rings is 2. The van der Waals surface area contributed by atoms with Gasteiger partial charge in [0.25, 0.3) is 0 Å². The van der Waals surface area contributed by atoms with Gasteiger partial charge in [-0.25, -0.2) is 8.42 Å². The van der Waals surface area contributed by atoms with Gasteiger partial charge in [-0.2, -0.15) is 17.5 Å². The molecular formula is C20H17F3N2O4S. The van der Waals surface area contributed by atoms with E-state index in [2.05, 4.69) is 4.98 Å². The van der Waals surface area contributed by atoms with Gasteiger partial charge in [-0.3, -0.25) is 4.79 Å². The summed E-state index contributed by atoms with van der Waals surface area (Å²) in [5.74, 6) is 0. The van der Waals surface area contributed by atoms with Gasteiger partial charge in [0.2, 0.25) is 10.0 Å². The molecule has 1 aliphatic rings. The number of aldehydes is 1. The van der Waals surface area contributed by atoms with Crippen LogP contribution >= 0.6 is 0 Å². The summed E-state index contributed by atoms with van der Waals surface area (Å²) >= 11 is 0. The highest BCUT2D eigenvalue weighted by Crippen LogP contribution is 2.39. The van der Waals surface area contributed by atoms with E-state index in [1.807, 2.05) is 0 Å². The molecule has 1 N–H and O–H groups in total. The van der Waals surface area contributed by atoms with Crippen LogP contribution < -0.4 is 0 Å². The predicted molar refractivity (Wildman–Crippen MR) is 104 cm³/mol. The number of morpholine rings is 1. The molecule has 30 heavy (non-hydrogen) atoms. The van der Waals surface area contributed by atoms with Gasteiger partial charge >= 0.3 is 6.18 Å². The van der Waals surface area contributed by atoms with Crippen LogP contribution in [0.2, 0.25) is 0 Å². The number of nitrogens with zero attached hydrogens (tertiary/aromatic N) is 1. The molecular weight excluding hydrogens is 421 g/mol. The Morgan fingerprint density at radius 1 is 1.07 bits per heavy atom. The highest BCUT2D eigenvalue weighted by molar-refractivity contribution is 7.89. The first kappa shape index (κ1) is 20.6. The number of H-pyrrole nitrogens is 1. The number of sulfonamides is 1. The summed E-state index contributed by atoms with van der Waals surface area (Å²) in [6.45, 7) is 0.976. The quantitative estimate of drug-likeness (QED) is 0.631. The van der Waals surface area contributed by atoms with E-state index in [1.54, 1.807) is 0 Å². The number of ether oxygens (including phenoxy) is 1. The topological polar surface area (TPSA) is 79.5 Å². The average Bonchev–Trinajstić information content (AvgIpc) is 3.11. The summed E-state index contributed by atoms with van der Waals surface area (Å²) in [4.78, 5) is 14.6. The molecule has 2 heterocycles. The molecule has 3 aromatic rings. The van der Waals surface area contributed by atoms with Crippen molar-refractivity contribution in [2.24, 2.45) is 0 Å². The maximum Gasteiger partial charge on any atom is 0.417 e. The zero-order chi connectivity index (χ0) is 21.5. The monoisotopic (exact) mass is 438 g/mol. The Kier molecular flexibility index (Phi) is 5.16. The van der Waals surface area contributed by atoms with Gasteiger partial charge in [-0.1, -0.05) is 18.2 Å². The van der Waals surface area contributed by atoms with Gasteiger partial charge in [0.1, 0.15) is 0 Å². The zero-order valence-electron chi connectivity index (χ0n) is 15.6. The molecule has 158 valence electrons. The number of nitrogens with one attached hydrogen (secondary N) is 1. The Bertz CT molecular complexity index is 1210. The number of fused-ring (bicyclic) bond motifs is 1. The first-order valence-electron chi connectivity index (χ1n) is 9.09. The molecule has 1 aromatic heterocycles. The normalized spacial score (nSPS) is 16.1. The van der Waals surface area contributed by atoms with Crippen LogP contribution in [0.4, 0.5) is 13.2 Å². The van der Waals surface area contributed by atoms with E-state index in [0.717, 1.165) is 6.07 Å². The van der Waals surface area contributed by atoms with Gasteiger partial charge in [-0.05, 0) is 24.3 Å². The largest absolute Gasteiger partial charge is 0.417 e. The first-order valence-corrected chi connectivity index (χ1v) is 10.5. The second kappa shape index (κ2) is 7.53. The average molecular weight is 438 g/mol. The molecule has 0 unspecified atom stereocenters. The summed E-state index contributed by atoms with van der Waals surface area (Å²) in [6, 6.07) is 9.06. The van der Waals surface area contributed by atoms with E-state index in [0.29, 0.717) is 11.8 Å². The molecule has 0 spiro atoms. The predicted octanol–water partition coefficient (Wildman–Crippen LogP) is 3.69. The van der Waals surface area contributed by atoms with E-state index in [1.165, 1.54) is 40.7 Å². The molecule has 2 aromatic carbocycles. The number of aromatic amines is 1. The molecule has 1 saturated heterocycles. The summed E-state index contributed by atoms with van der Waals surface area (Å²) in [7, 11) is -3.82. The lowest BCUT2D eigenvalue weighted by molar-refractivity contribution is -0.137. The summed E-state index contributed by atoms with van der Waals surface area (Å²) in [6.07, 6.45) is -4.18. The third kappa shape index (κ3) is 3.51. The van der Waals surface area contributed by atoms with Crippen LogP contribution in [-0.4, -0.2) is 50.3 Å². The number of rotatable bonds is 4. The highest BCUT2D eigenvalue weighted by Gasteiger charge is 2.34. The number of hydrogen-bond acceptors (Lipinski definition) is 4. The van der Waals surface area contributed by atoms with Gasteiger partial charge in [0.05, 0.1) is 29.4 Å². The smallest absolute Gasteiger partial charge is 0.379 e. The lowest BCUT2D eigenvalue weighted by Crippen LogP contribution is -2.40. The Hall–Kier alpha value is -2.69. The van der Waals surface area contributed by atoms with Crippen LogP contribution in [0.25, 0.3) is 22.2 Å². The first-order chi connectivity index (χ1) is 14.2. The fraction of sp³-hybridized carbons (Fsp3) is 0.250. The van der Waals surface area contributed by atoms with Crippen LogP contribution in [0.5, 0.6) is 0 Å². The van der Waals surface area contributed by atoms with Crippen LogP contribution in [0.1, 0.15) is 15.9 Å². The molecule has 0 saturated carbocycles. The molecule has 0 radical (unpaired) electrons. The minimum absolute atomic E-state index is 0.00570. The molecule has 4 rings (SSSR count). The van der Waals surface area contributed by atoms with E-state index in [9.17, 15) is 26.4 Å². The Morgan fingerprint density at radius 3 is 2.43 bits per heavy atom. The van der Waals surface area contributed by atoms with E-state index < -0.39 is 21.8 Å². The van der Waals surface area contributed by atoms with Crippen molar-refractivity contribution in [3.8, 4) is 11.3 Å². The Labute approximate surface area is 170 Å². The minimum atomic E-state index is -4.61. The van der Waals surface area contributed by atoms with Gasteiger partial charge < -0.3 is 9.72 Å². The molecule has 0 bridgehead atoms. The molecule has 10 heteroatoms.